The number of hydrogen-bond donors (Lipinski definition) is 13. The number of carbonyl (C=O) groups excluding carboxylic acids is 4. The summed E-state index contributed by atoms with van der Waals surface area (Å²) in [7, 11) is 0. The second kappa shape index (κ2) is 23.6. The van der Waals surface area contributed by atoms with Crippen molar-refractivity contribution >= 4 is 35.8 Å². The number of hydrogen-bond acceptors (Lipinski definition) is 22. The van der Waals surface area contributed by atoms with Crippen molar-refractivity contribution in [3.63, 3.8) is 0 Å². The normalized spacial score (nSPS) is 33.9. The van der Waals surface area contributed by atoms with E-state index in [0.717, 1.165) is 20.8 Å². The SMILES string of the molecule is CC(=O)N[C@H]1[C@@H](OC[C@H](NC(=O)OCc2ccccc2)C(=O)O)O[C@H](CO)[C@H](O)[C@@H]1O[C@@H]1O[C@H](CO)[C@H](O)[C@H](O[C@]2(C(=O)O)C[C@H](O)[C@@H](NC(C)=O)[C@H]([C@H](O)[C@H](O)COC(C)=O)O2)[C@H]1O. The summed E-state index contributed by atoms with van der Waals surface area (Å²) in [4.78, 5) is 73.6. The van der Waals surface area contributed by atoms with Crippen LogP contribution in [0.5, 0.6) is 0 Å². The minimum absolute atomic E-state index is 0.224. The monoisotopic (exact) mass is 937 g/mol. The Bertz CT molecular complexity index is 1780. The zero-order chi connectivity index (χ0) is 48.3. The maximum Gasteiger partial charge on any atom is 0.408 e. The summed E-state index contributed by atoms with van der Waals surface area (Å²) in [6.07, 6.45) is -28.6. The second-order valence-corrected chi connectivity index (χ2v) is 15.3. The fourth-order valence-electron chi connectivity index (χ4n) is 7.15. The number of rotatable bonds is 20. The van der Waals surface area contributed by atoms with E-state index in [-0.39, 0.29) is 6.61 Å². The van der Waals surface area contributed by atoms with Crippen molar-refractivity contribution in [3.05, 3.63) is 35.9 Å². The van der Waals surface area contributed by atoms with Gasteiger partial charge in [-0.25, -0.2) is 14.4 Å². The van der Waals surface area contributed by atoms with Crippen LogP contribution < -0.4 is 16.0 Å². The Morgan fingerprint density at radius 3 is 1.92 bits per heavy atom. The number of carboxylic acids is 2. The lowest BCUT2D eigenvalue weighted by Gasteiger charge is -2.51. The quantitative estimate of drug-likeness (QED) is 0.0541. The fraction of sp³-hybridized carbons (Fsp3) is 0.684. The molecule has 1 aromatic carbocycles. The zero-order valence-corrected chi connectivity index (χ0v) is 35.1. The molecule has 4 rings (SSSR count). The number of ether oxygens (including phenoxy) is 8. The van der Waals surface area contributed by atoms with Crippen LogP contribution in [0.3, 0.4) is 0 Å². The van der Waals surface area contributed by atoms with Crippen LogP contribution in [0.15, 0.2) is 30.3 Å². The number of esters is 1. The molecule has 3 fully saturated rings. The van der Waals surface area contributed by atoms with Crippen LogP contribution in [0.1, 0.15) is 32.8 Å². The van der Waals surface area contributed by atoms with Crippen molar-refractivity contribution in [2.24, 2.45) is 0 Å². The summed E-state index contributed by atoms with van der Waals surface area (Å²) in [5, 5.41) is 114. The third-order valence-corrected chi connectivity index (χ3v) is 10.3. The Morgan fingerprint density at radius 1 is 0.785 bits per heavy atom. The van der Waals surface area contributed by atoms with Gasteiger partial charge in [-0.2, -0.15) is 0 Å². The zero-order valence-electron chi connectivity index (χ0n) is 35.1. The Morgan fingerprint density at radius 2 is 1.37 bits per heavy atom. The van der Waals surface area contributed by atoms with E-state index in [2.05, 4.69) is 16.0 Å². The molecule has 0 unspecified atom stereocenters. The van der Waals surface area contributed by atoms with E-state index in [0.29, 0.717) is 5.56 Å². The first-order valence-corrected chi connectivity index (χ1v) is 20.0. The fourth-order valence-corrected chi connectivity index (χ4v) is 7.15. The highest BCUT2D eigenvalue weighted by molar-refractivity contribution is 5.80. The number of alkyl carbamates (subject to hydrolysis) is 1. The van der Waals surface area contributed by atoms with Gasteiger partial charge in [-0.15, -0.1) is 0 Å². The second-order valence-electron chi connectivity index (χ2n) is 15.3. The summed E-state index contributed by atoms with van der Waals surface area (Å²) >= 11 is 0. The predicted octanol–water partition coefficient (Wildman–Crippen LogP) is -6.10. The lowest BCUT2D eigenvalue weighted by atomic mass is 9.88. The maximum absolute atomic E-state index is 13.0. The molecule has 3 saturated heterocycles. The van der Waals surface area contributed by atoms with E-state index in [1.165, 1.54) is 0 Å². The molecule has 0 spiro atoms. The van der Waals surface area contributed by atoms with Gasteiger partial charge >= 0.3 is 24.0 Å². The van der Waals surface area contributed by atoms with Gasteiger partial charge in [0.1, 0.15) is 80.3 Å². The molecule has 0 bridgehead atoms. The van der Waals surface area contributed by atoms with E-state index < -0.39 is 172 Å². The number of benzene rings is 1. The standard InChI is InChI=1S/C38H55N3O24/c1-15(44)39-24-20(47)9-38(36(55)56,64-31(24)26(49)21(48)14-58-17(3)46)65-32-28(51)23(11-43)62-35(29(32)52)63-30-25(40-16(2)45)34(61-22(10-42)27(30)50)59-13-19(33(53)54)41-37(57)60-12-18-7-5-4-6-8-18/h4-8,19-32,34-35,42-43,47-52H,9-14H2,1-3H3,(H,39,44)(H,40,45)(H,41,57)(H,53,54)(H,55,56)/t19-,20-,21+,22+,23+,24+,25+,26+,27-,28-,29+,30+,31+,32-,34-,35-,38-/m0/s1. The van der Waals surface area contributed by atoms with Gasteiger partial charge in [-0.05, 0) is 5.56 Å². The molecule has 17 atom stereocenters. The minimum atomic E-state index is -3.17. The largest absolute Gasteiger partial charge is 0.480 e. The van der Waals surface area contributed by atoms with Crippen molar-refractivity contribution < 1.29 is 118 Å². The Kier molecular flexibility index (Phi) is 19.2. The highest BCUT2D eigenvalue weighted by atomic mass is 16.8. The molecular formula is C38H55N3O24. The van der Waals surface area contributed by atoms with E-state index in [1.807, 2.05) is 0 Å². The number of nitrogens with one attached hydrogen (secondary N) is 3. The van der Waals surface area contributed by atoms with Crippen molar-refractivity contribution in [1.29, 1.82) is 0 Å². The van der Waals surface area contributed by atoms with E-state index in [1.54, 1.807) is 30.3 Å². The molecule has 3 heterocycles. The summed E-state index contributed by atoms with van der Waals surface area (Å²) in [5.74, 6) is -9.36. The van der Waals surface area contributed by atoms with Crippen LogP contribution in [0.2, 0.25) is 0 Å². The smallest absolute Gasteiger partial charge is 0.408 e. The van der Waals surface area contributed by atoms with Gasteiger partial charge in [0.05, 0.1) is 32.0 Å². The van der Waals surface area contributed by atoms with Gasteiger partial charge in [-0.3, -0.25) is 14.4 Å². The third-order valence-electron chi connectivity index (χ3n) is 10.3. The topological polar surface area (TPSA) is 415 Å². The summed E-state index contributed by atoms with van der Waals surface area (Å²) < 4.78 is 43.9. The molecule has 65 heavy (non-hydrogen) atoms. The van der Waals surface area contributed by atoms with Crippen molar-refractivity contribution in [1.82, 2.24) is 16.0 Å². The average Bonchev–Trinajstić information content (AvgIpc) is 3.25. The Balaban J connectivity index is 1.61. The Labute approximate surface area is 369 Å². The van der Waals surface area contributed by atoms with Crippen molar-refractivity contribution in [3.8, 4) is 0 Å². The van der Waals surface area contributed by atoms with Crippen LogP contribution >= 0.6 is 0 Å². The highest BCUT2D eigenvalue weighted by Crippen LogP contribution is 2.38. The molecule has 0 saturated carbocycles. The number of aliphatic carboxylic acids is 2. The molecule has 13 N–H and O–H groups in total. The lowest BCUT2D eigenvalue weighted by Crippen LogP contribution is -2.71. The average molecular weight is 938 g/mol. The number of carboxylic acid groups (broad SMARTS) is 2. The van der Waals surface area contributed by atoms with Gasteiger partial charge in [0, 0.05) is 27.2 Å². The number of aliphatic hydroxyl groups excluding tert-OH is 8. The number of carbonyl (C=O) groups is 6. The van der Waals surface area contributed by atoms with Crippen LogP contribution in [-0.2, 0) is 68.5 Å². The molecule has 3 aliphatic heterocycles. The molecule has 1 aromatic rings. The van der Waals surface area contributed by atoms with Gasteiger partial charge < -0.3 is 105 Å². The summed E-state index contributed by atoms with van der Waals surface area (Å²) in [6.45, 7) is -1.04. The molecule has 3 aliphatic rings. The predicted molar refractivity (Wildman–Crippen MR) is 206 cm³/mol. The summed E-state index contributed by atoms with van der Waals surface area (Å²) in [6, 6.07) is 3.23. The van der Waals surface area contributed by atoms with Gasteiger partial charge in [0.2, 0.25) is 11.8 Å². The van der Waals surface area contributed by atoms with Gasteiger partial charge in [0.25, 0.3) is 5.79 Å². The molecule has 27 nitrogen and oxygen atoms in total. The Hall–Kier alpha value is -4.72. The molecule has 27 heteroatoms. The van der Waals surface area contributed by atoms with Crippen LogP contribution in [0, 0.1) is 0 Å². The molecular weight excluding hydrogens is 882 g/mol. The van der Waals surface area contributed by atoms with Gasteiger partial charge in [0.15, 0.2) is 18.6 Å². The van der Waals surface area contributed by atoms with Gasteiger partial charge in [-0.1, -0.05) is 30.3 Å². The highest BCUT2D eigenvalue weighted by Gasteiger charge is 2.60. The number of amides is 3. The first-order valence-electron chi connectivity index (χ1n) is 20.0. The molecule has 3 amide bonds. The molecule has 0 aromatic heterocycles. The van der Waals surface area contributed by atoms with Crippen LogP contribution in [-0.4, -0.2) is 217 Å². The lowest BCUT2D eigenvalue weighted by molar-refractivity contribution is -0.381. The van der Waals surface area contributed by atoms with Crippen LogP contribution in [0.4, 0.5) is 4.79 Å². The maximum atomic E-state index is 13.0. The van der Waals surface area contributed by atoms with Crippen molar-refractivity contribution in [2.75, 3.05) is 26.4 Å². The van der Waals surface area contributed by atoms with Crippen LogP contribution in [0.25, 0.3) is 0 Å². The third kappa shape index (κ3) is 13.7. The summed E-state index contributed by atoms with van der Waals surface area (Å²) in [5.41, 5.74) is 0.585. The van der Waals surface area contributed by atoms with E-state index >= 15 is 0 Å². The first kappa shape index (κ1) is 52.9. The minimum Gasteiger partial charge on any atom is -0.480 e. The van der Waals surface area contributed by atoms with Crippen molar-refractivity contribution in [2.45, 2.75) is 137 Å². The van der Waals surface area contributed by atoms with E-state index in [9.17, 15) is 79.8 Å². The molecule has 0 radical (unpaired) electrons. The number of aliphatic hydroxyl groups is 8. The van der Waals surface area contributed by atoms with E-state index in [4.69, 9.17) is 37.9 Å². The molecule has 0 aliphatic carbocycles. The molecule has 366 valence electrons. The first-order chi connectivity index (χ1) is 30.6.